The first-order valence-corrected chi connectivity index (χ1v) is 4.51. The average molecular weight is 230 g/mol. The molecular weight excluding hydrogens is 218 g/mol. The fourth-order valence-electron chi connectivity index (χ4n) is 1.01. The van der Waals surface area contributed by atoms with Crippen LogP contribution in [0.4, 0.5) is 5.69 Å². The van der Waals surface area contributed by atoms with E-state index in [4.69, 9.17) is 5.11 Å². The fourth-order valence-corrected chi connectivity index (χ4v) is 1.79. The summed E-state index contributed by atoms with van der Waals surface area (Å²) in [5, 5.41) is 8.86. The highest BCUT2D eigenvalue weighted by Crippen LogP contribution is 2.25. The van der Waals surface area contributed by atoms with E-state index in [1.54, 1.807) is 0 Å². The number of hydrogen-bond donors (Lipinski definition) is 1. The van der Waals surface area contributed by atoms with Crippen LogP contribution in [0, 0.1) is 0 Å². The molecule has 1 N–H and O–H groups in total. The smallest absolute Gasteiger partial charge is 0.0682 e. The molecule has 0 atom stereocenters. The third kappa shape index (κ3) is 1.99. The van der Waals surface area contributed by atoms with Gasteiger partial charge in [-0.1, -0.05) is 6.07 Å². The molecule has 66 valence electrons. The Bertz CT molecular complexity index is 273. The second-order valence-corrected chi connectivity index (χ2v) is 3.69. The van der Waals surface area contributed by atoms with Crippen LogP contribution in [0.1, 0.15) is 5.56 Å². The molecule has 0 saturated carbocycles. The molecule has 1 rings (SSSR count). The van der Waals surface area contributed by atoms with Crippen molar-refractivity contribution in [2.45, 2.75) is 6.61 Å². The average Bonchev–Trinajstić information content (AvgIpc) is 2.03. The number of aliphatic hydroxyl groups is 1. The normalized spacial score (nSPS) is 10.0. The maximum atomic E-state index is 8.86. The number of hydrogen-bond acceptors (Lipinski definition) is 2. The second-order valence-electron chi connectivity index (χ2n) is 2.84. The first-order chi connectivity index (χ1) is 5.65. The van der Waals surface area contributed by atoms with Crippen molar-refractivity contribution in [1.29, 1.82) is 0 Å². The Balaban J connectivity index is 3.03. The summed E-state index contributed by atoms with van der Waals surface area (Å²) < 4.78 is 1.01. The Labute approximate surface area is 80.9 Å². The van der Waals surface area contributed by atoms with Gasteiger partial charge in [-0.05, 0) is 33.6 Å². The second kappa shape index (κ2) is 3.92. The van der Waals surface area contributed by atoms with Gasteiger partial charge in [0.05, 0.1) is 12.3 Å². The summed E-state index contributed by atoms with van der Waals surface area (Å²) in [6.45, 7) is 0.0896. The molecule has 0 aromatic heterocycles. The standard InChI is InChI=1S/C9H12BrNO/c1-11(2)9-4-3-7(6-12)5-8(9)10/h3-5,12H,6H2,1-2H3. The van der Waals surface area contributed by atoms with Crippen molar-refractivity contribution in [2.24, 2.45) is 0 Å². The van der Waals surface area contributed by atoms with Crippen LogP contribution in [0.15, 0.2) is 22.7 Å². The molecule has 1 aromatic rings. The monoisotopic (exact) mass is 229 g/mol. The summed E-state index contributed by atoms with van der Waals surface area (Å²) in [6.07, 6.45) is 0. The Kier molecular flexibility index (Phi) is 3.12. The van der Waals surface area contributed by atoms with Gasteiger partial charge in [-0.15, -0.1) is 0 Å². The first-order valence-electron chi connectivity index (χ1n) is 3.71. The highest BCUT2D eigenvalue weighted by Gasteiger charge is 2.01. The molecule has 0 unspecified atom stereocenters. The maximum Gasteiger partial charge on any atom is 0.0682 e. The summed E-state index contributed by atoms with van der Waals surface area (Å²) in [7, 11) is 3.97. The molecule has 0 aliphatic rings. The largest absolute Gasteiger partial charge is 0.392 e. The Morgan fingerprint density at radius 3 is 2.50 bits per heavy atom. The molecule has 2 nitrogen and oxygen atoms in total. The van der Waals surface area contributed by atoms with Crippen molar-refractivity contribution >= 4 is 21.6 Å². The van der Waals surface area contributed by atoms with Crippen molar-refractivity contribution < 1.29 is 5.11 Å². The minimum atomic E-state index is 0.0896. The van der Waals surface area contributed by atoms with Crippen molar-refractivity contribution in [3.63, 3.8) is 0 Å². The molecule has 1 aromatic carbocycles. The van der Waals surface area contributed by atoms with E-state index in [-0.39, 0.29) is 6.61 Å². The summed E-state index contributed by atoms with van der Waals surface area (Å²) in [4.78, 5) is 2.02. The number of halogens is 1. The van der Waals surface area contributed by atoms with Gasteiger partial charge in [-0.2, -0.15) is 0 Å². The van der Waals surface area contributed by atoms with E-state index < -0.39 is 0 Å². The minimum Gasteiger partial charge on any atom is -0.392 e. The lowest BCUT2D eigenvalue weighted by Crippen LogP contribution is -2.09. The topological polar surface area (TPSA) is 23.5 Å². The molecule has 0 amide bonds. The number of rotatable bonds is 2. The lowest BCUT2D eigenvalue weighted by molar-refractivity contribution is 0.282. The van der Waals surface area contributed by atoms with Crippen LogP contribution in [-0.4, -0.2) is 19.2 Å². The Hall–Kier alpha value is -0.540. The van der Waals surface area contributed by atoms with Gasteiger partial charge < -0.3 is 10.0 Å². The summed E-state index contributed by atoms with van der Waals surface area (Å²) in [5.41, 5.74) is 2.04. The van der Waals surface area contributed by atoms with E-state index in [0.717, 1.165) is 15.7 Å². The van der Waals surface area contributed by atoms with Crippen LogP contribution in [0.3, 0.4) is 0 Å². The van der Waals surface area contributed by atoms with Gasteiger partial charge in [0.1, 0.15) is 0 Å². The van der Waals surface area contributed by atoms with Gasteiger partial charge >= 0.3 is 0 Å². The predicted octanol–water partition coefficient (Wildman–Crippen LogP) is 2.01. The van der Waals surface area contributed by atoms with Gasteiger partial charge in [0.25, 0.3) is 0 Å². The molecule has 0 fully saturated rings. The van der Waals surface area contributed by atoms with Crippen molar-refractivity contribution in [2.75, 3.05) is 19.0 Å². The first kappa shape index (κ1) is 9.55. The van der Waals surface area contributed by atoms with E-state index in [1.807, 2.05) is 37.2 Å². The Morgan fingerprint density at radius 1 is 1.42 bits per heavy atom. The van der Waals surface area contributed by atoms with Gasteiger partial charge in [0, 0.05) is 18.6 Å². The van der Waals surface area contributed by atoms with E-state index in [2.05, 4.69) is 15.9 Å². The van der Waals surface area contributed by atoms with Gasteiger partial charge in [0.15, 0.2) is 0 Å². The van der Waals surface area contributed by atoms with Crippen molar-refractivity contribution in [1.82, 2.24) is 0 Å². The fraction of sp³-hybridized carbons (Fsp3) is 0.333. The lowest BCUT2D eigenvalue weighted by Gasteiger charge is -2.14. The molecule has 0 radical (unpaired) electrons. The molecule has 0 heterocycles. The summed E-state index contributed by atoms with van der Waals surface area (Å²) in [6, 6.07) is 5.82. The van der Waals surface area contributed by atoms with Gasteiger partial charge in [-0.25, -0.2) is 0 Å². The van der Waals surface area contributed by atoms with Crippen LogP contribution in [0.2, 0.25) is 0 Å². The van der Waals surface area contributed by atoms with E-state index in [9.17, 15) is 0 Å². The third-order valence-electron chi connectivity index (χ3n) is 1.68. The third-order valence-corrected chi connectivity index (χ3v) is 2.31. The molecule has 0 bridgehead atoms. The van der Waals surface area contributed by atoms with Crippen molar-refractivity contribution in [3.8, 4) is 0 Å². The van der Waals surface area contributed by atoms with Crippen molar-refractivity contribution in [3.05, 3.63) is 28.2 Å². The zero-order chi connectivity index (χ0) is 9.14. The molecule has 12 heavy (non-hydrogen) atoms. The summed E-state index contributed by atoms with van der Waals surface area (Å²) in [5.74, 6) is 0. The zero-order valence-electron chi connectivity index (χ0n) is 7.21. The molecule has 3 heteroatoms. The highest BCUT2D eigenvalue weighted by atomic mass is 79.9. The number of anilines is 1. The molecule has 0 spiro atoms. The SMILES string of the molecule is CN(C)c1ccc(CO)cc1Br. The predicted molar refractivity (Wildman–Crippen MR) is 54.4 cm³/mol. The number of aliphatic hydroxyl groups excluding tert-OH is 1. The molecule has 0 aliphatic heterocycles. The van der Waals surface area contributed by atoms with Crippen LogP contribution in [-0.2, 0) is 6.61 Å². The lowest BCUT2D eigenvalue weighted by atomic mass is 10.2. The minimum absolute atomic E-state index is 0.0896. The zero-order valence-corrected chi connectivity index (χ0v) is 8.80. The van der Waals surface area contributed by atoms with Crippen LogP contribution >= 0.6 is 15.9 Å². The molecule has 0 aliphatic carbocycles. The van der Waals surface area contributed by atoms with Crippen LogP contribution in [0.25, 0.3) is 0 Å². The van der Waals surface area contributed by atoms with Crippen LogP contribution in [0.5, 0.6) is 0 Å². The maximum absolute atomic E-state index is 8.86. The number of nitrogens with zero attached hydrogens (tertiary/aromatic N) is 1. The van der Waals surface area contributed by atoms with Crippen LogP contribution < -0.4 is 4.90 Å². The summed E-state index contributed by atoms with van der Waals surface area (Å²) >= 11 is 3.44. The van der Waals surface area contributed by atoms with Gasteiger partial charge in [-0.3, -0.25) is 0 Å². The van der Waals surface area contributed by atoms with E-state index in [0.29, 0.717) is 0 Å². The quantitative estimate of drug-likeness (QED) is 0.839. The molecular formula is C9H12BrNO. The Morgan fingerprint density at radius 2 is 2.08 bits per heavy atom. The molecule has 0 saturated heterocycles. The van der Waals surface area contributed by atoms with E-state index >= 15 is 0 Å². The van der Waals surface area contributed by atoms with E-state index in [1.165, 1.54) is 0 Å². The number of benzene rings is 1. The highest BCUT2D eigenvalue weighted by molar-refractivity contribution is 9.10. The van der Waals surface area contributed by atoms with Gasteiger partial charge in [0.2, 0.25) is 0 Å².